The normalized spacial score (nSPS) is 10.3. The zero-order chi connectivity index (χ0) is 12.8. The van der Waals surface area contributed by atoms with Crippen molar-refractivity contribution in [3.8, 4) is 0 Å². The maximum Gasteiger partial charge on any atom is 0.141 e. The third-order valence-electron chi connectivity index (χ3n) is 2.25. The molecule has 2 rings (SSSR count). The minimum Gasteiger partial charge on any atom is -0.370 e. The highest BCUT2D eigenvalue weighted by Gasteiger charge is 2.03. The van der Waals surface area contributed by atoms with Gasteiger partial charge in [0.15, 0.2) is 0 Å². The van der Waals surface area contributed by atoms with E-state index in [4.69, 9.17) is 0 Å². The number of nitrogens with one attached hydrogen (secondary N) is 1. The molecule has 0 atom stereocenters. The molecular weight excluding hydrogens is 244 g/mol. The van der Waals surface area contributed by atoms with Gasteiger partial charge in [0.25, 0.3) is 0 Å². The maximum atomic E-state index is 4.47. The third kappa shape index (κ3) is 3.70. The van der Waals surface area contributed by atoms with Gasteiger partial charge >= 0.3 is 0 Å². The number of anilines is 1. The van der Waals surface area contributed by atoms with Crippen molar-refractivity contribution >= 4 is 17.6 Å². The van der Waals surface area contributed by atoms with Gasteiger partial charge in [-0.05, 0) is 26.0 Å². The van der Waals surface area contributed by atoms with Gasteiger partial charge in [-0.25, -0.2) is 15.0 Å². The van der Waals surface area contributed by atoms with Crippen LogP contribution < -0.4 is 5.32 Å². The van der Waals surface area contributed by atoms with Crippen molar-refractivity contribution in [1.82, 2.24) is 15.0 Å². The van der Waals surface area contributed by atoms with E-state index in [0.717, 1.165) is 34.7 Å². The van der Waals surface area contributed by atoms with E-state index in [2.05, 4.69) is 27.2 Å². The van der Waals surface area contributed by atoms with Crippen LogP contribution in [0.5, 0.6) is 0 Å². The first-order chi connectivity index (χ1) is 8.78. The average molecular weight is 260 g/mol. The smallest absolute Gasteiger partial charge is 0.141 e. The molecule has 2 heterocycles. The quantitative estimate of drug-likeness (QED) is 0.838. The van der Waals surface area contributed by atoms with E-state index in [1.807, 2.05) is 31.2 Å². The molecule has 0 aromatic carbocycles. The average Bonchev–Trinajstić information content (AvgIpc) is 2.37. The Bertz CT molecular complexity index is 502. The fourth-order valence-electron chi connectivity index (χ4n) is 1.54. The molecule has 2 aromatic heterocycles. The molecule has 0 fully saturated rings. The highest BCUT2D eigenvalue weighted by Crippen LogP contribution is 2.19. The van der Waals surface area contributed by atoms with Crippen molar-refractivity contribution in [2.24, 2.45) is 0 Å². The lowest BCUT2D eigenvalue weighted by atomic mass is 10.4. The molecule has 0 aliphatic heterocycles. The molecule has 0 amide bonds. The van der Waals surface area contributed by atoms with Gasteiger partial charge in [0.2, 0.25) is 0 Å². The van der Waals surface area contributed by atoms with Crippen LogP contribution in [0.15, 0.2) is 35.5 Å². The van der Waals surface area contributed by atoms with Crippen molar-refractivity contribution in [2.75, 3.05) is 11.9 Å². The summed E-state index contributed by atoms with van der Waals surface area (Å²) in [7, 11) is 0. The van der Waals surface area contributed by atoms with Crippen molar-refractivity contribution in [3.05, 3.63) is 42.0 Å². The summed E-state index contributed by atoms with van der Waals surface area (Å²) in [6.45, 7) is 4.90. The summed E-state index contributed by atoms with van der Waals surface area (Å²) < 4.78 is 0. The third-order valence-corrected chi connectivity index (χ3v) is 3.19. The number of hydrogen-bond acceptors (Lipinski definition) is 5. The van der Waals surface area contributed by atoms with Crippen LogP contribution >= 0.6 is 11.8 Å². The summed E-state index contributed by atoms with van der Waals surface area (Å²) in [6, 6.07) is 7.84. The zero-order valence-corrected chi connectivity index (χ0v) is 11.4. The van der Waals surface area contributed by atoms with Gasteiger partial charge in [0.1, 0.15) is 11.6 Å². The zero-order valence-electron chi connectivity index (χ0n) is 10.6. The van der Waals surface area contributed by atoms with Crippen LogP contribution in [0.1, 0.15) is 18.4 Å². The molecule has 0 spiro atoms. The van der Waals surface area contributed by atoms with Crippen LogP contribution in [0.2, 0.25) is 0 Å². The van der Waals surface area contributed by atoms with Crippen LogP contribution in [0.25, 0.3) is 0 Å². The highest BCUT2D eigenvalue weighted by atomic mass is 32.2. The van der Waals surface area contributed by atoms with E-state index in [1.54, 1.807) is 18.0 Å². The minimum atomic E-state index is 0.733. The van der Waals surface area contributed by atoms with Gasteiger partial charge in [0.05, 0.1) is 10.8 Å². The van der Waals surface area contributed by atoms with E-state index in [0.29, 0.717) is 0 Å². The number of rotatable bonds is 5. The summed E-state index contributed by atoms with van der Waals surface area (Å²) in [5.41, 5.74) is 0.984. The molecule has 4 nitrogen and oxygen atoms in total. The molecule has 18 heavy (non-hydrogen) atoms. The number of pyridine rings is 1. The van der Waals surface area contributed by atoms with E-state index < -0.39 is 0 Å². The Labute approximate surface area is 111 Å². The molecule has 5 heteroatoms. The van der Waals surface area contributed by atoms with Crippen molar-refractivity contribution < 1.29 is 0 Å². The van der Waals surface area contributed by atoms with E-state index in [-0.39, 0.29) is 0 Å². The molecule has 2 aromatic rings. The Morgan fingerprint density at radius 2 is 2.17 bits per heavy atom. The first-order valence-electron chi connectivity index (χ1n) is 5.90. The Morgan fingerprint density at radius 1 is 1.28 bits per heavy atom. The first kappa shape index (κ1) is 12.8. The van der Waals surface area contributed by atoms with Crippen LogP contribution in [-0.2, 0) is 5.75 Å². The second kappa shape index (κ2) is 6.35. The van der Waals surface area contributed by atoms with Crippen LogP contribution in [0, 0.1) is 6.92 Å². The predicted octanol–water partition coefficient (Wildman–Crippen LogP) is 2.90. The van der Waals surface area contributed by atoms with Crippen LogP contribution in [-0.4, -0.2) is 21.5 Å². The molecule has 0 aliphatic rings. The van der Waals surface area contributed by atoms with E-state index in [9.17, 15) is 0 Å². The van der Waals surface area contributed by atoms with Gasteiger partial charge in [-0.15, -0.1) is 0 Å². The largest absolute Gasteiger partial charge is 0.370 e. The van der Waals surface area contributed by atoms with Gasteiger partial charge < -0.3 is 5.32 Å². The minimum absolute atomic E-state index is 0.733. The molecule has 1 N–H and O–H groups in total. The standard InChI is InChI=1S/C13H16N4S/c1-3-14-11-8-10(2)16-12(17-11)9-18-13-6-4-5-7-15-13/h4-8H,3,9H2,1-2H3,(H,14,16,17). The van der Waals surface area contributed by atoms with E-state index in [1.165, 1.54) is 0 Å². The maximum absolute atomic E-state index is 4.47. The Kier molecular flexibility index (Phi) is 4.52. The fourth-order valence-corrected chi connectivity index (χ4v) is 2.25. The van der Waals surface area contributed by atoms with Crippen molar-refractivity contribution in [3.63, 3.8) is 0 Å². The van der Waals surface area contributed by atoms with Gasteiger partial charge in [0, 0.05) is 24.5 Å². The SMILES string of the molecule is CCNc1cc(C)nc(CSc2ccccn2)n1. The van der Waals surface area contributed by atoms with Gasteiger partial charge in [-0.3, -0.25) is 0 Å². The Hall–Kier alpha value is -1.62. The number of thioether (sulfide) groups is 1. The molecular formula is C13H16N4S. The van der Waals surface area contributed by atoms with Gasteiger partial charge in [-0.2, -0.15) is 0 Å². The molecule has 0 saturated carbocycles. The second-order valence-corrected chi connectivity index (χ2v) is 4.79. The highest BCUT2D eigenvalue weighted by molar-refractivity contribution is 7.98. The first-order valence-corrected chi connectivity index (χ1v) is 6.88. The van der Waals surface area contributed by atoms with Crippen LogP contribution in [0.4, 0.5) is 5.82 Å². The molecule has 0 bridgehead atoms. The lowest BCUT2D eigenvalue weighted by molar-refractivity contribution is 0.983. The predicted molar refractivity (Wildman–Crippen MR) is 74.7 cm³/mol. The Morgan fingerprint density at radius 3 is 2.89 bits per heavy atom. The summed E-state index contributed by atoms with van der Waals surface area (Å²) in [6.07, 6.45) is 1.80. The lowest BCUT2D eigenvalue weighted by Gasteiger charge is -2.06. The summed E-state index contributed by atoms with van der Waals surface area (Å²) in [5.74, 6) is 2.46. The lowest BCUT2D eigenvalue weighted by Crippen LogP contribution is -2.04. The summed E-state index contributed by atoms with van der Waals surface area (Å²) in [4.78, 5) is 13.2. The number of aryl methyl sites for hydroxylation is 1. The summed E-state index contributed by atoms with van der Waals surface area (Å²) >= 11 is 1.65. The molecule has 0 unspecified atom stereocenters. The van der Waals surface area contributed by atoms with E-state index >= 15 is 0 Å². The number of hydrogen-bond donors (Lipinski definition) is 1. The monoisotopic (exact) mass is 260 g/mol. The molecule has 0 radical (unpaired) electrons. The molecule has 94 valence electrons. The molecule has 0 aliphatic carbocycles. The molecule has 0 saturated heterocycles. The number of nitrogens with zero attached hydrogens (tertiary/aromatic N) is 3. The fraction of sp³-hybridized carbons (Fsp3) is 0.308. The number of aromatic nitrogens is 3. The second-order valence-electron chi connectivity index (χ2n) is 3.80. The summed E-state index contributed by atoms with van der Waals surface area (Å²) in [5, 5.41) is 4.20. The Balaban J connectivity index is 2.05. The van der Waals surface area contributed by atoms with Crippen molar-refractivity contribution in [1.29, 1.82) is 0 Å². The topological polar surface area (TPSA) is 50.7 Å². The van der Waals surface area contributed by atoms with Crippen molar-refractivity contribution in [2.45, 2.75) is 24.6 Å². The van der Waals surface area contributed by atoms with Crippen LogP contribution in [0.3, 0.4) is 0 Å². The van der Waals surface area contributed by atoms with Gasteiger partial charge in [-0.1, -0.05) is 17.8 Å².